The highest BCUT2D eigenvalue weighted by atomic mass is 16.1. The lowest BCUT2D eigenvalue weighted by Crippen LogP contribution is -2.31. The van der Waals surface area contributed by atoms with Gasteiger partial charge < -0.3 is 10.6 Å². The number of pyridine rings is 1. The number of hydrogen-bond donors (Lipinski definition) is 2. The van der Waals surface area contributed by atoms with Crippen molar-refractivity contribution in [2.45, 2.75) is 32.6 Å². The third kappa shape index (κ3) is 3.94. The minimum Gasteiger partial charge on any atom is -0.373 e. The van der Waals surface area contributed by atoms with Crippen LogP contribution in [0.4, 0.5) is 5.82 Å². The van der Waals surface area contributed by atoms with Crippen LogP contribution in [-0.2, 0) is 0 Å². The molecule has 0 unspecified atom stereocenters. The Morgan fingerprint density at radius 3 is 2.79 bits per heavy atom. The van der Waals surface area contributed by atoms with Crippen LogP contribution < -0.4 is 10.6 Å². The molecule has 0 atom stereocenters. The van der Waals surface area contributed by atoms with E-state index in [1.165, 1.54) is 25.7 Å². The van der Waals surface area contributed by atoms with Gasteiger partial charge >= 0.3 is 0 Å². The largest absolute Gasteiger partial charge is 0.373 e. The van der Waals surface area contributed by atoms with Crippen LogP contribution in [0.15, 0.2) is 18.3 Å². The monoisotopic (exact) mass is 261 g/mol. The number of carbonyl (C=O) groups is 1. The predicted octanol–water partition coefficient (Wildman–Crippen LogP) is 2.68. The average Bonchev–Trinajstić information content (AvgIpc) is 2.46. The molecule has 0 aromatic carbocycles. The second-order valence-corrected chi connectivity index (χ2v) is 5.52. The summed E-state index contributed by atoms with van der Waals surface area (Å²) in [6.45, 7) is 3.10. The fourth-order valence-corrected chi connectivity index (χ4v) is 2.58. The van der Waals surface area contributed by atoms with Gasteiger partial charge in [0.25, 0.3) is 5.91 Å². The molecule has 2 N–H and O–H groups in total. The second-order valence-electron chi connectivity index (χ2n) is 5.52. The maximum atomic E-state index is 12.1. The summed E-state index contributed by atoms with van der Waals surface area (Å²) in [5.74, 6) is 2.22. The molecule has 0 saturated heterocycles. The van der Waals surface area contributed by atoms with E-state index in [0.29, 0.717) is 11.5 Å². The quantitative estimate of drug-likeness (QED) is 0.876. The Hall–Kier alpha value is -1.58. The van der Waals surface area contributed by atoms with Crippen molar-refractivity contribution in [2.24, 2.45) is 11.8 Å². The molecule has 1 aromatic rings. The molecule has 1 aromatic heterocycles. The number of hydrogen-bond acceptors (Lipinski definition) is 3. The standard InChI is InChI=1S/C15H23N3O/c1-11-3-5-12(6-4-11)10-18-15(19)13-7-8-17-14(9-13)16-2/h7-9,11-12H,3-6,10H2,1-2H3,(H,16,17)(H,18,19). The van der Waals surface area contributed by atoms with Gasteiger partial charge in [0.2, 0.25) is 0 Å². The zero-order valence-electron chi connectivity index (χ0n) is 11.8. The summed E-state index contributed by atoms with van der Waals surface area (Å²) in [5.41, 5.74) is 0.670. The van der Waals surface area contributed by atoms with Gasteiger partial charge in [-0.05, 0) is 36.8 Å². The topological polar surface area (TPSA) is 54.0 Å². The van der Waals surface area contributed by atoms with Crippen LogP contribution in [-0.4, -0.2) is 24.5 Å². The maximum absolute atomic E-state index is 12.1. The molecule has 1 aliphatic rings. The number of nitrogens with zero attached hydrogens (tertiary/aromatic N) is 1. The normalized spacial score (nSPS) is 22.8. The SMILES string of the molecule is CNc1cc(C(=O)NCC2CCC(C)CC2)ccn1. The van der Waals surface area contributed by atoms with E-state index in [9.17, 15) is 4.79 Å². The van der Waals surface area contributed by atoms with Crippen molar-refractivity contribution < 1.29 is 4.79 Å². The van der Waals surface area contributed by atoms with Crippen molar-refractivity contribution in [1.29, 1.82) is 0 Å². The number of carbonyl (C=O) groups excluding carboxylic acids is 1. The average molecular weight is 261 g/mol. The number of aromatic nitrogens is 1. The molecule has 2 rings (SSSR count). The molecule has 4 nitrogen and oxygen atoms in total. The first-order valence-electron chi connectivity index (χ1n) is 7.11. The Morgan fingerprint density at radius 1 is 1.37 bits per heavy atom. The summed E-state index contributed by atoms with van der Waals surface area (Å²) in [4.78, 5) is 16.2. The summed E-state index contributed by atoms with van der Waals surface area (Å²) in [7, 11) is 1.80. The predicted molar refractivity (Wildman–Crippen MR) is 77.2 cm³/mol. The molecule has 1 amide bonds. The first kappa shape index (κ1) is 13.8. The summed E-state index contributed by atoms with van der Waals surface area (Å²) < 4.78 is 0. The molecule has 0 bridgehead atoms. The van der Waals surface area contributed by atoms with E-state index >= 15 is 0 Å². The Labute approximate surface area is 115 Å². The van der Waals surface area contributed by atoms with Gasteiger partial charge in [-0.25, -0.2) is 4.98 Å². The van der Waals surface area contributed by atoms with Gasteiger partial charge in [0.05, 0.1) is 0 Å². The van der Waals surface area contributed by atoms with Crippen LogP contribution >= 0.6 is 0 Å². The molecule has 19 heavy (non-hydrogen) atoms. The Balaban J connectivity index is 1.83. The van der Waals surface area contributed by atoms with Crippen LogP contribution in [0.5, 0.6) is 0 Å². The van der Waals surface area contributed by atoms with Crippen molar-refractivity contribution >= 4 is 11.7 Å². The van der Waals surface area contributed by atoms with Crippen LogP contribution in [0.1, 0.15) is 43.0 Å². The summed E-state index contributed by atoms with van der Waals surface area (Å²) in [6, 6.07) is 3.53. The summed E-state index contributed by atoms with van der Waals surface area (Å²) in [5, 5.41) is 5.98. The first-order valence-corrected chi connectivity index (χ1v) is 7.11. The smallest absolute Gasteiger partial charge is 0.251 e. The first-order chi connectivity index (χ1) is 9.19. The van der Waals surface area contributed by atoms with Crippen molar-refractivity contribution in [2.75, 3.05) is 18.9 Å². The highest BCUT2D eigenvalue weighted by Gasteiger charge is 2.18. The number of rotatable bonds is 4. The Bertz CT molecular complexity index is 425. The molecular weight excluding hydrogens is 238 g/mol. The molecule has 1 fully saturated rings. The highest BCUT2D eigenvalue weighted by molar-refractivity contribution is 5.94. The third-order valence-electron chi connectivity index (χ3n) is 3.96. The minimum atomic E-state index is -0.00229. The molecule has 0 spiro atoms. The van der Waals surface area contributed by atoms with E-state index in [1.807, 2.05) is 0 Å². The fourth-order valence-electron chi connectivity index (χ4n) is 2.58. The van der Waals surface area contributed by atoms with E-state index in [4.69, 9.17) is 0 Å². The Morgan fingerprint density at radius 2 is 2.11 bits per heavy atom. The van der Waals surface area contributed by atoms with Gasteiger partial charge in [0, 0.05) is 25.4 Å². The van der Waals surface area contributed by atoms with Gasteiger partial charge in [-0.2, -0.15) is 0 Å². The number of amides is 1. The lowest BCUT2D eigenvalue weighted by Gasteiger charge is -2.26. The van der Waals surface area contributed by atoms with Crippen molar-refractivity contribution in [3.05, 3.63) is 23.9 Å². The van der Waals surface area contributed by atoms with E-state index in [0.717, 1.165) is 18.3 Å². The van der Waals surface area contributed by atoms with E-state index < -0.39 is 0 Å². The molecule has 1 heterocycles. The zero-order valence-corrected chi connectivity index (χ0v) is 11.8. The number of nitrogens with one attached hydrogen (secondary N) is 2. The highest BCUT2D eigenvalue weighted by Crippen LogP contribution is 2.27. The van der Waals surface area contributed by atoms with E-state index in [-0.39, 0.29) is 5.91 Å². The van der Waals surface area contributed by atoms with Gasteiger partial charge in [-0.1, -0.05) is 19.8 Å². The summed E-state index contributed by atoms with van der Waals surface area (Å²) >= 11 is 0. The molecule has 1 saturated carbocycles. The molecular formula is C15H23N3O. The maximum Gasteiger partial charge on any atom is 0.251 e. The van der Waals surface area contributed by atoms with Gasteiger partial charge in [-0.15, -0.1) is 0 Å². The zero-order chi connectivity index (χ0) is 13.7. The van der Waals surface area contributed by atoms with Crippen LogP contribution in [0.2, 0.25) is 0 Å². The van der Waals surface area contributed by atoms with E-state index in [2.05, 4.69) is 22.5 Å². The fraction of sp³-hybridized carbons (Fsp3) is 0.600. The van der Waals surface area contributed by atoms with Gasteiger partial charge in [0.15, 0.2) is 0 Å². The lowest BCUT2D eigenvalue weighted by molar-refractivity contribution is 0.0942. The van der Waals surface area contributed by atoms with E-state index in [1.54, 1.807) is 25.4 Å². The molecule has 0 aliphatic heterocycles. The van der Waals surface area contributed by atoms with Crippen LogP contribution in [0.25, 0.3) is 0 Å². The lowest BCUT2D eigenvalue weighted by atomic mass is 9.83. The molecule has 0 radical (unpaired) electrons. The molecule has 4 heteroatoms. The van der Waals surface area contributed by atoms with Crippen LogP contribution in [0, 0.1) is 11.8 Å². The third-order valence-corrected chi connectivity index (χ3v) is 3.96. The van der Waals surface area contributed by atoms with Gasteiger partial charge in [0.1, 0.15) is 5.82 Å². The number of anilines is 1. The van der Waals surface area contributed by atoms with Gasteiger partial charge in [-0.3, -0.25) is 4.79 Å². The van der Waals surface area contributed by atoms with Crippen LogP contribution in [0.3, 0.4) is 0 Å². The molecule has 104 valence electrons. The second kappa shape index (κ2) is 6.55. The van der Waals surface area contributed by atoms with Crippen molar-refractivity contribution in [3.8, 4) is 0 Å². The van der Waals surface area contributed by atoms with Crippen molar-refractivity contribution in [3.63, 3.8) is 0 Å². The molecule has 1 aliphatic carbocycles. The van der Waals surface area contributed by atoms with Crippen molar-refractivity contribution in [1.82, 2.24) is 10.3 Å². The minimum absolute atomic E-state index is 0.00229. The Kier molecular flexibility index (Phi) is 4.77. The summed E-state index contributed by atoms with van der Waals surface area (Å²) in [6.07, 6.45) is 6.71.